The molecule has 1 aromatic carbocycles. The first kappa shape index (κ1) is 18.9. The highest BCUT2D eigenvalue weighted by Gasteiger charge is 2.30. The van der Waals surface area contributed by atoms with Crippen molar-refractivity contribution in [2.45, 2.75) is 69.2 Å². The van der Waals surface area contributed by atoms with Gasteiger partial charge in [-0.15, -0.1) is 0 Å². The van der Waals surface area contributed by atoms with E-state index in [1.54, 1.807) is 16.4 Å². The van der Waals surface area contributed by atoms with E-state index in [0.29, 0.717) is 24.0 Å². The third kappa shape index (κ3) is 4.26. The van der Waals surface area contributed by atoms with E-state index in [-0.39, 0.29) is 5.41 Å². The third-order valence-corrected chi connectivity index (χ3v) is 7.58. The van der Waals surface area contributed by atoms with Crippen molar-refractivity contribution in [3.63, 3.8) is 0 Å². The number of rotatable bonds is 3. The lowest BCUT2D eigenvalue weighted by Crippen LogP contribution is -2.35. The van der Waals surface area contributed by atoms with E-state index in [9.17, 15) is 8.42 Å². The van der Waals surface area contributed by atoms with Gasteiger partial charge in [-0.3, -0.25) is 0 Å². The van der Waals surface area contributed by atoms with Crippen LogP contribution in [0.2, 0.25) is 0 Å². The van der Waals surface area contributed by atoms with E-state index in [4.69, 9.17) is 0 Å². The van der Waals surface area contributed by atoms with E-state index < -0.39 is 10.0 Å². The number of hydrogen-bond acceptors (Lipinski definition) is 3. The van der Waals surface area contributed by atoms with Crippen LogP contribution in [0, 0.1) is 0 Å². The molecule has 1 unspecified atom stereocenters. The van der Waals surface area contributed by atoms with Crippen molar-refractivity contribution >= 4 is 10.0 Å². The van der Waals surface area contributed by atoms with E-state index >= 15 is 0 Å². The number of likely N-dealkylation sites (tertiary alicyclic amines) is 1. The van der Waals surface area contributed by atoms with Crippen molar-refractivity contribution in [3.05, 3.63) is 29.8 Å². The van der Waals surface area contributed by atoms with Gasteiger partial charge in [-0.05, 0) is 68.3 Å². The van der Waals surface area contributed by atoms with Gasteiger partial charge >= 0.3 is 0 Å². The molecule has 0 aromatic heterocycles. The fourth-order valence-corrected chi connectivity index (χ4v) is 5.53. The van der Waals surface area contributed by atoms with Crippen molar-refractivity contribution in [2.24, 2.45) is 0 Å². The zero-order chi connectivity index (χ0) is 18.1. The summed E-state index contributed by atoms with van der Waals surface area (Å²) in [6.07, 6.45) is 5.62. The molecule has 2 heterocycles. The lowest BCUT2D eigenvalue weighted by atomic mass is 9.87. The number of sulfonamides is 1. The molecule has 3 rings (SSSR count). The van der Waals surface area contributed by atoms with E-state index in [1.165, 1.54) is 25.9 Å². The van der Waals surface area contributed by atoms with Crippen LogP contribution in [0.3, 0.4) is 0 Å². The summed E-state index contributed by atoms with van der Waals surface area (Å²) in [4.78, 5) is 2.99. The maximum atomic E-state index is 13.0. The lowest BCUT2D eigenvalue weighted by Gasteiger charge is -2.26. The van der Waals surface area contributed by atoms with Gasteiger partial charge in [-0.1, -0.05) is 32.9 Å². The summed E-state index contributed by atoms with van der Waals surface area (Å²) in [7, 11) is -3.38. The fraction of sp³-hybridized carbons (Fsp3) is 0.700. The Morgan fingerprint density at radius 2 is 1.52 bits per heavy atom. The van der Waals surface area contributed by atoms with Gasteiger partial charge in [0.2, 0.25) is 10.0 Å². The van der Waals surface area contributed by atoms with Crippen molar-refractivity contribution in [3.8, 4) is 0 Å². The Morgan fingerprint density at radius 3 is 2.12 bits per heavy atom. The van der Waals surface area contributed by atoms with Gasteiger partial charge in [0.1, 0.15) is 0 Å². The lowest BCUT2D eigenvalue weighted by molar-refractivity contribution is 0.223. The molecule has 0 spiro atoms. The molecule has 0 N–H and O–H groups in total. The van der Waals surface area contributed by atoms with Gasteiger partial charge in [0, 0.05) is 19.1 Å². The molecule has 2 saturated heterocycles. The molecule has 5 heteroatoms. The molecule has 1 atom stereocenters. The predicted octanol–water partition coefficient (Wildman–Crippen LogP) is 3.62. The smallest absolute Gasteiger partial charge is 0.243 e. The molecule has 2 aliphatic heterocycles. The Kier molecular flexibility index (Phi) is 5.57. The highest BCUT2D eigenvalue weighted by molar-refractivity contribution is 7.89. The maximum Gasteiger partial charge on any atom is 0.243 e. The number of nitrogens with zero attached hydrogens (tertiary/aromatic N) is 2. The van der Waals surface area contributed by atoms with Gasteiger partial charge in [-0.25, -0.2) is 8.42 Å². The molecule has 2 fully saturated rings. The van der Waals surface area contributed by atoms with E-state index in [2.05, 4.69) is 25.7 Å². The summed E-state index contributed by atoms with van der Waals surface area (Å²) in [5.74, 6) is 0. The van der Waals surface area contributed by atoms with E-state index in [0.717, 1.165) is 24.8 Å². The summed E-state index contributed by atoms with van der Waals surface area (Å²) in [5.41, 5.74) is 1.20. The zero-order valence-corrected chi connectivity index (χ0v) is 16.7. The van der Waals surface area contributed by atoms with Crippen LogP contribution < -0.4 is 0 Å². The second-order valence-corrected chi connectivity index (χ2v) is 10.4. The number of hydrogen-bond donors (Lipinski definition) is 0. The molecule has 0 aliphatic carbocycles. The predicted molar refractivity (Wildman–Crippen MR) is 102 cm³/mol. The number of benzene rings is 1. The van der Waals surface area contributed by atoms with Crippen LogP contribution in [0.5, 0.6) is 0 Å². The Bertz CT molecular complexity index is 671. The average molecular weight is 365 g/mol. The standard InChI is InChI=1S/C20H32N2O2S/c1-20(2,3)17-8-10-19(11-9-17)25(23,24)22-15-6-7-18(12-16-22)21-13-4-5-14-21/h8-11,18H,4-7,12-16H2,1-3H3. The SMILES string of the molecule is CC(C)(C)c1ccc(S(=O)(=O)N2CCCC(N3CCCC3)CC2)cc1. The summed E-state index contributed by atoms with van der Waals surface area (Å²) in [5, 5.41) is 0. The van der Waals surface area contributed by atoms with Gasteiger partial charge in [0.25, 0.3) is 0 Å². The summed E-state index contributed by atoms with van der Waals surface area (Å²) in [6, 6.07) is 8.03. The molecule has 140 valence electrons. The van der Waals surface area contributed by atoms with Crippen LogP contribution in [-0.2, 0) is 15.4 Å². The van der Waals surface area contributed by atoms with E-state index in [1.807, 2.05) is 12.1 Å². The molecular weight excluding hydrogens is 332 g/mol. The maximum absolute atomic E-state index is 13.0. The largest absolute Gasteiger partial charge is 0.300 e. The first-order valence-electron chi connectivity index (χ1n) is 9.63. The van der Waals surface area contributed by atoms with Crippen molar-refractivity contribution in [2.75, 3.05) is 26.2 Å². The molecular formula is C20H32N2O2S. The van der Waals surface area contributed by atoms with Gasteiger partial charge in [-0.2, -0.15) is 4.31 Å². The summed E-state index contributed by atoms with van der Waals surface area (Å²) < 4.78 is 27.8. The molecule has 0 bridgehead atoms. The minimum atomic E-state index is -3.38. The highest BCUT2D eigenvalue weighted by Crippen LogP contribution is 2.27. The van der Waals surface area contributed by atoms with Crippen LogP contribution >= 0.6 is 0 Å². The first-order valence-corrected chi connectivity index (χ1v) is 11.1. The monoisotopic (exact) mass is 364 g/mol. The molecule has 0 amide bonds. The van der Waals surface area contributed by atoms with Crippen molar-refractivity contribution in [1.82, 2.24) is 9.21 Å². The van der Waals surface area contributed by atoms with Crippen molar-refractivity contribution in [1.29, 1.82) is 0 Å². The van der Waals surface area contributed by atoms with Crippen LogP contribution in [-0.4, -0.2) is 49.8 Å². The van der Waals surface area contributed by atoms with Crippen LogP contribution in [0.25, 0.3) is 0 Å². The normalized spacial score (nSPS) is 24.4. The van der Waals surface area contributed by atoms with Crippen molar-refractivity contribution < 1.29 is 8.42 Å². The second-order valence-electron chi connectivity index (χ2n) is 8.51. The Morgan fingerprint density at radius 1 is 0.880 bits per heavy atom. The van der Waals surface area contributed by atoms with Gasteiger partial charge < -0.3 is 4.90 Å². The molecule has 1 aromatic rings. The first-order chi connectivity index (χ1) is 11.8. The Hall–Kier alpha value is -0.910. The highest BCUT2D eigenvalue weighted by atomic mass is 32.2. The minimum Gasteiger partial charge on any atom is -0.300 e. The topological polar surface area (TPSA) is 40.6 Å². The minimum absolute atomic E-state index is 0.0356. The Balaban J connectivity index is 1.71. The molecule has 2 aliphatic rings. The summed E-state index contributed by atoms with van der Waals surface area (Å²) in [6.45, 7) is 10.1. The zero-order valence-electron chi connectivity index (χ0n) is 15.9. The van der Waals surface area contributed by atoms with Crippen LogP contribution in [0.4, 0.5) is 0 Å². The molecule has 4 nitrogen and oxygen atoms in total. The molecule has 25 heavy (non-hydrogen) atoms. The quantitative estimate of drug-likeness (QED) is 0.822. The Labute approximate surface area is 153 Å². The fourth-order valence-electron chi connectivity index (χ4n) is 4.04. The second kappa shape index (κ2) is 7.37. The van der Waals surface area contributed by atoms with Crippen LogP contribution in [0.1, 0.15) is 58.4 Å². The van der Waals surface area contributed by atoms with Crippen LogP contribution in [0.15, 0.2) is 29.2 Å². The molecule has 0 saturated carbocycles. The average Bonchev–Trinajstić information content (AvgIpc) is 2.98. The van der Waals surface area contributed by atoms with Gasteiger partial charge in [0.15, 0.2) is 0 Å². The summed E-state index contributed by atoms with van der Waals surface area (Å²) >= 11 is 0. The third-order valence-electron chi connectivity index (χ3n) is 5.67. The van der Waals surface area contributed by atoms with Gasteiger partial charge in [0.05, 0.1) is 4.90 Å². The molecule has 0 radical (unpaired) electrons.